The first-order chi connectivity index (χ1) is 3.30. The Labute approximate surface area is 41.2 Å². The van der Waals surface area contributed by atoms with Crippen molar-refractivity contribution in [3.8, 4) is 0 Å². The quantitative estimate of drug-likeness (QED) is 0.516. The van der Waals surface area contributed by atoms with E-state index in [0.717, 1.165) is 0 Å². The van der Waals surface area contributed by atoms with Crippen LogP contribution in [0.4, 0.5) is 5.82 Å². The summed E-state index contributed by atoms with van der Waals surface area (Å²) < 4.78 is 4.73. The van der Waals surface area contributed by atoms with Gasteiger partial charge in [0.25, 0.3) is 0 Å². The molecule has 0 bridgehead atoms. The van der Waals surface area contributed by atoms with Gasteiger partial charge in [-0.25, -0.2) is 0 Å². The van der Waals surface area contributed by atoms with Crippen LogP contribution in [-0.2, 0) is 0 Å². The van der Waals surface area contributed by atoms with Gasteiger partial charge in [0.05, 0.1) is 0 Å². The van der Waals surface area contributed by atoms with Crippen molar-refractivity contribution in [3.63, 3.8) is 0 Å². The SMILES string of the molecule is Cc1ocnc1N. The first-order valence-corrected chi connectivity index (χ1v) is 1.96. The monoisotopic (exact) mass is 98.0 g/mol. The fourth-order valence-corrected chi connectivity index (χ4v) is 0.313. The van der Waals surface area contributed by atoms with Gasteiger partial charge in [-0.05, 0) is 6.92 Å². The van der Waals surface area contributed by atoms with E-state index < -0.39 is 0 Å². The Bertz CT molecular complexity index is 142. The van der Waals surface area contributed by atoms with Gasteiger partial charge in [-0.1, -0.05) is 0 Å². The van der Waals surface area contributed by atoms with Gasteiger partial charge in [0.2, 0.25) is 0 Å². The third kappa shape index (κ3) is 0.559. The smallest absolute Gasteiger partial charge is 0.183 e. The summed E-state index contributed by atoms with van der Waals surface area (Å²) in [7, 11) is 0. The predicted octanol–water partition coefficient (Wildman–Crippen LogP) is 0.565. The molecule has 0 aliphatic heterocycles. The molecule has 0 aliphatic carbocycles. The lowest BCUT2D eigenvalue weighted by Gasteiger charge is -1.77. The maximum atomic E-state index is 5.23. The standard InChI is InChI=1S/C4H6N2O/c1-3-4(5)6-2-7-3/h2H,5H2,1H3. The molecule has 1 heterocycles. The number of hydrogen-bond donors (Lipinski definition) is 1. The zero-order valence-corrected chi connectivity index (χ0v) is 4.01. The molecule has 1 rings (SSSR count). The van der Waals surface area contributed by atoms with Gasteiger partial charge >= 0.3 is 0 Å². The number of nitrogens with zero attached hydrogens (tertiary/aromatic N) is 1. The highest BCUT2D eigenvalue weighted by Crippen LogP contribution is 2.03. The minimum absolute atomic E-state index is 0.472. The van der Waals surface area contributed by atoms with Gasteiger partial charge in [-0.15, -0.1) is 0 Å². The van der Waals surface area contributed by atoms with Crippen molar-refractivity contribution >= 4 is 5.82 Å². The normalized spacial score (nSPS) is 9.29. The summed E-state index contributed by atoms with van der Waals surface area (Å²) in [6.45, 7) is 1.77. The number of anilines is 1. The molecule has 1 aromatic rings. The number of rotatable bonds is 0. The lowest BCUT2D eigenvalue weighted by atomic mass is 10.5. The van der Waals surface area contributed by atoms with Gasteiger partial charge in [0, 0.05) is 0 Å². The Morgan fingerprint density at radius 2 is 2.57 bits per heavy atom. The van der Waals surface area contributed by atoms with Crippen molar-refractivity contribution in [2.24, 2.45) is 0 Å². The number of nitrogen functional groups attached to an aromatic ring is 1. The highest BCUT2D eigenvalue weighted by molar-refractivity contribution is 5.29. The zero-order chi connectivity index (χ0) is 5.28. The summed E-state index contributed by atoms with van der Waals surface area (Å²) in [5, 5.41) is 0. The van der Waals surface area contributed by atoms with Crippen molar-refractivity contribution in [3.05, 3.63) is 12.2 Å². The maximum Gasteiger partial charge on any atom is 0.183 e. The highest BCUT2D eigenvalue weighted by Gasteiger charge is 1.91. The average molecular weight is 98.1 g/mol. The Hall–Kier alpha value is -0.990. The summed E-state index contributed by atoms with van der Waals surface area (Å²) >= 11 is 0. The molecule has 0 atom stereocenters. The van der Waals surface area contributed by atoms with Crippen LogP contribution in [0.25, 0.3) is 0 Å². The molecule has 1 aromatic heterocycles. The fourth-order valence-electron chi connectivity index (χ4n) is 0.313. The first-order valence-electron chi connectivity index (χ1n) is 1.96. The second kappa shape index (κ2) is 1.26. The van der Waals surface area contributed by atoms with E-state index in [0.29, 0.717) is 11.6 Å². The summed E-state index contributed by atoms with van der Waals surface area (Å²) in [5.74, 6) is 1.15. The third-order valence-corrected chi connectivity index (χ3v) is 0.782. The number of aromatic nitrogens is 1. The predicted molar refractivity (Wildman–Crippen MR) is 25.7 cm³/mol. The molecular weight excluding hydrogens is 92.1 g/mol. The molecule has 0 aromatic carbocycles. The van der Waals surface area contributed by atoms with E-state index in [1.54, 1.807) is 6.92 Å². The topological polar surface area (TPSA) is 52.0 Å². The van der Waals surface area contributed by atoms with Crippen molar-refractivity contribution in [1.29, 1.82) is 0 Å². The fraction of sp³-hybridized carbons (Fsp3) is 0.250. The lowest BCUT2D eigenvalue weighted by Crippen LogP contribution is -1.84. The van der Waals surface area contributed by atoms with E-state index >= 15 is 0 Å². The molecule has 0 amide bonds. The maximum absolute atomic E-state index is 5.23. The highest BCUT2D eigenvalue weighted by atomic mass is 16.3. The van der Waals surface area contributed by atoms with Crippen LogP contribution in [0.1, 0.15) is 5.76 Å². The van der Waals surface area contributed by atoms with E-state index in [1.807, 2.05) is 0 Å². The summed E-state index contributed by atoms with van der Waals surface area (Å²) in [6, 6.07) is 0. The first kappa shape index (κ1) is 4.18. The van der Waals surface area contributed by atoms with Gasteiger partial charge in [0.15, 0.2) is 12.2 Å². The molecule has 7 heavy (non-hydrogen) atoms. The van der Waals surface area contributed by atoms with Crippen LogP contribution in [-0.4, -0.2) is 4.98 Å². The number of hydrogen-bond acceptors (Lipinski definition) is 3. The molecule has 0 saturated carbocycles. The minimum Gasteiger partial charge on any atom is -0.447 e. The van der Waals surface area contributed by atoms with E-state index in [-0.39, 0.29) is 0 Å². The molecule has 3 nitrogen and oxygen atoms in total. The molecule has 0 fully saturated rings. The van der Waals surface area contributed by atoms with Gasteiger partial charge in [-0.2, -0.15) is 4.98 Å². The average Bonchev–Trinajstić information content (AvgIpc) is 1.91. The summed E-state index contributed by atoms with van der Waals surface area (Å²) in [4.78, 5) is 3.63. The van der Waals surface area contributed by atoms with E-state index in [4.69, 9.17) is 10.2 Å². The van der Waals surface area contributed by atoms with Gasteiger partial charge in [-0.3, -0.25) is 0 Å². The molecule has 0 spiro atoms. The minimum atomic E-state index is 0.472. The van der Waals surface area contributed by atoms with E-state index in [1.165, 1.54) is 6.39 Å². The van der Waals surface area contributed by atoms with Crippen molar-refractivity contribution in [1.82, 2.24) is 4.98 Å². The Balaban J connectivity index is 3.12. The molecule has 38 valence electrons. The largest absolute Gasteiger partial charge is 0.447 e. The van der Waals surface area contributed by atoms with Crippen LogP contribution in [0, 0.1) is 6.92 Å². The molecular formula is C4H6N2O. The Morgan fingerprint density at radius 3 is 2.71 bits per heavy atom. The van der Waals surface area contributed by atoms with Crippen molar-refractivity contribution < 1.29 is 4.42 Å². The third-order valence-electron chi connectivity index (χ3n) is 0.782. The second-order valence-electron chi connectivity index (χ2n) is 1.29. The van der Waals surface area contributed by atoms with Crippen LogP contribution in [0.2, 0.25) is 0 Å². The van der Waals surface area contributed by atoms with Crippen LogP contribution >= 0.6 is 0 Å². The number of aryl methyl sites for hydroxylation is 1. The molecule has 0 saturated heterocycles. The second-order valence-corrected chi connectivity index (χ2v) is 1.29. The molecule has 0 aliphatic rings. The number of oxazole rings is 1. The van der Waals surface area contributed by atoms with E-state index in [9.17, 15) is 0 Å². The van der Waals surface area contributed by atoms with Crippen LogP contribution in [0.3, 0.4) is 0 Å². The van der Waals surface area contributed by atoms with Crippen LogP contribution in [0.5, 0.6) is 0 Å². The zero-order valence-electron chi connectivity index (χ0n) is 4.01. The Kier molecular flexibility index (Phi) is 0.749. The Morgan fingerprint density at radius 1 is 1.86 bits per heavy atom. The molecule has 3 heteroatoms. The molecule has 0 radical (unpaired) electrons. The van der Waals surface area contributed by atoms with Crippen LogP contribution in [0.15, 0.2) is 10.8 Å². The van der Waals surface area contributed by atoms with Crippen LogP contribution < -0.4 is 5.73 Å². The number of nitrogens with two attached hydrogens (primary N) is 1. The van der Waals surface area contributed by atoms with Crippen molar-refractivity contribution in [2.45, 2.75) is 6.92 Å². The summed E-state index contributed by atoms with van der Waals surface area (Å²) in [6.07, 6.45) is 1.32. The molecule has 0 unspecified atom stereocenters. The van der Waals surface area contributed by atoms with Gasteiger partial charge < -0.3 is 10.2 Å². The van der Waals surface area contributed by atoms with Gasteiger partial charge in [0.1, 0.15) is 5.76 Å². The lowest BCUT2D eigenvalue weighted by molar-refractivity contribution is 0.527. The van der Waals surface area contributed by atoms with E-state index in [2.05, 4.69) is 4.98 Å². The molecule has 2 N–H and O–H groups in total. The summed E-state index contributed by atoms with van der Waals surface area (Å²) in [5.41, 5.74) is 5.23. The van der Waals surface area contributed by atoms with Crippen molar-refractivity contribution in [2.75, 3.05) is 5.73 Å².